The van der Waals surface area contributed by atoms with E-state index in [0.717, 1.165) is 12.4 Å². The van der Waals surface area contributed by atoms with Crippen molar-refractivity contribution in [3.05, 3.63) is 11.7 Å². The fraction of sp³-hybridized carbons (Fsp3) is 0.800. The first-order valence-electron chi connectivity index (χ1n) is 5.36. The summed E-state index contributed by atoms with van der Waals surface area (Å²) in [5.74, 6) is 1.47. The molecule has 0 aliphatic carbocycles. The molecule has 0 atom stereocenters. The Morgan fingerprint density at radius 1 is 1.29 bits per heavy atom. The van der Waals surface area contributed by atoms with E-state index < -0.39 is 0 Å². The van der Waals surface area contributed by atoms with Crippen molar-refractivity contribution in [2.75, 3.05) is 13.1 Å². The summed E-state index contributed by atoms with van der Waals surface area (Å²) in [6.45, 7) is 9.01. The fourth-order valence-corrected chi connectivity index (χ4v) is 1.55. The Morgan fingerprint density at radius 3 is 2.43 bits per heavy atom. The summed E-state index contributed by atoms with van der Waals surface area (Å²) in [6.07, 6.45) is 2.60. The molecule has 1 aliphatic heterocycles. The predicted octanol–water partition coefficient (Wildman–Crippen LogP) is 2.00. The summed E-state index contributed by atoms with van der Waals surface area (Å²) < 4.78 is 4.89. The molecule has 0 spiro atoms. The van der Waals surface area contributed by atoms with E-state index >= 15 is 0 Å². The van der Waals surface area contributed by atoms with Crippen molar-refractivity contribution < 1.29 is 4.52 Å². The lowest BCUT2D eigenvalue weighted by Crippen LogP contribution is -2.19. The lowest BCUT2D eigenvalue weighted by Gasteiger charge is -2.10. The zero-order valence-corrected chi connectivity index (χ0v) is 9.29. The Labute approximate surface area is 85.3 Å². The zero-order chi connectivity index (χ0) is 10.4. The van der Waals surface area contributed by atoms with Gasteiger partial charge in [-0.2, -0.15) is 4.98 Å². The van der Waals surface area contributed by atoms with Gasteiger partial charge < -0.3 is 4.52 Å². The van der Waals surface area contributed by atoms with E-state index in [9.17, 15) is 0 Å². The normalized spacial score (nSPS) is 16.5. The van der Waals surface area contributed by atoms with Crippen LogP contribution >= 0.6 is 0 Å². The second-order valence-corrected chi connectivity index (χ2v) is 3.21. The molecule has 1 aliphatic rings. The molecule has 0 saturated carbocycles. The van der Waals surface area contributed by atoms with Crippen LogP contribution in [-0.4, -0.2) is 28.1 Å². The molecule has 1 aromatic heterocycles. The van der Waals surface area contributed by atoms with E-state index in [1.807, 2.05) is 20.8 Å². The van der Waals surface area contributed by atoms with Crippen LogP contribution in [0.3, 0.4) is 0 Å². The smallest absolute Gasteiger partial charge is 0.223 e. The average molecular weight is 197 g/mol. The van der Waals surface area contributed by atoms with Gasteiger partial charge in [0.15, 0.2) is 5.82 Å². The summed E-state index contributed by atoms with van der Waals surface area (Å²) in [5.41, 5.74) is 0. The minimum absolute atomic E-state index is 0.657. The van der Waals surface area contributed by atoms with Gasteiger partial charge in [-0.25, -0.2) is 0 Å². The summed E-state index contributed by atoms with van der Waals surface area (Å²) in [6, 6.07) is 0. The van der Waals surface area contributed by atoms with Crippen LogP contribution < -0.4 is 0 Å². The van der Waals surface area contributed by atoms with E-state index in [4.69, 9.17) is 4.52 Å². The molecule has 0 N–H and O–H groups in total. The van der Waals surface area contributed by atoms with Gasteiger partial charge in [0.05, 0.1) is 6.54 Å². The van der Waals surface area contributed by atoms with Gasteiger partial charge in [-0.1, -0.05) is 19.0 Å². The van der Waals surface area contributed by atoms with E-state index in [2.05, 4.69) is 15.0 Å². The van der Waals surface area contributed by atoms with Crippen LogP contribution in [0.2, 0.25) is 0 Å². The maximum absolute atomic E-state index is 4.89. The lowest BCUT2D eigenvalue weighted by atomic mass is 10.4. The molecule has 4 heteroatoms. The van der Waals surface area contributed by atoms with Gasteiger partial charge >= 0.3 is 0 Å². The van der Waals surface area contributed by atoms with Crippen LogP contribution in [0, 0.1) is 6.92 Å². The maximum Gasteiger partial charge on any atom is 0.223 e. The molecule has 0 aromatic carbocycles. The summed E-state index contributed by atoms with van der Waals surface area (Å²) >= 11 is 0. The fourth-order valence-electron chi connectivity index (χ4n) is 1.55. The molecule has 14 heavy (non-hydrogen) atoms. The number of likely N-dealkylation sites (tertiary alicyclic amines) is 1. The van der Waals surface area contributed by atoms with Crippen molar-refractivity contribution in [2.45, 2.75) is 40.2 Å². The predicted molar refractivity (Wildman–Crippen MR) is 54.9 cm³/mol. The molecule has 2 rings (SSSR count). The quantitative estimate of drug-likeness (QED) is 0.727. The van der Waals surface area contributed by atoms with Gasteiger partial charge in [-0.15, -0.1) is 0 Å². The standard InChI is InChI=1S/C8H13N3O.C2H6/c1-7-9-8(10-12-7)6-11-4-2-3-5-11;1-2/h2-6H2,1H3;1-2H3. The van der Waals surface area contributed by atoms with Crippen molar-refractivity contribution in [1.82, 2.24) is 15.0 Å². The number of hydrogen-bond acceptors (Lipinski definition) is 4. The first-order chi connectivity index (χ1) is 6.84. The molecule has 1 fully saturated rings. The molecule has 4 nitrogen and oxygen atoms in total. The van der Waals surface area contributed by atoms with Crippen molar-refractivity contribution in [3.8, 4) is 0 Å². The molecule has 0 bridgehead atoms. The lowest BCUT2D eigenvalue weighted by molar-refractivity contribution is 0.310. The van der Waals surface area contributed by atoms with E-state index in [0.29, 0.717) is 5.89 Å². The molecule has 0 radical (unpaired) electrons. The first kappa shape index (κ1) is 11.2. The number of aromatic nitrogens is 2. The summed E-state index contributed by atoms with van der Waals surface area (Å²) in [5, 5.41) is 3.85. The van der Waals surface area contributed by atoms with Crippen LogP contribution in [0.4, 0.5) is 0 Å². The Kier molecular flexibility index (Phi) is 4.59. The Morgan fingerprint density at radius 2 is 1.93 bits per heavy atom. The molecule has 0 unspecified atom stereocenters. The highest BCUT2D eigenvalue weighted by atomic mass is 16.5. The number of nitrogens with zero attached hydrogens (tertiary/aromatic N) is 3. The van der Waals surface area contributed by atoms with Crippen molar-refractivity contribution in [2.24, 2.45) is 0 Å². The largest absolute Gasteiger partial charge is 0.340 e. The second-order valence-electron chi connectivity index (χ2n) is 3.21. The van der Waals surface area contributed by atoms with Crippen LogP contribution in [0.25, 0.3) is 0 Å². The average Bonchev–Trinajstić information content (AvgIpc) is 2.82. The van der Waals surface area contributed by atoms with Gasteiger partial charge in [0, 0.05) is 6.92 Å². The number of aryl methyl sites for hydroxylation is 1. The third-order valence-corrected chi connectivity index (χ3v) is 2.13. The maximum atomic E-state index is 4.89. The highest BCUT2D eigenvalue weighted by Gasteiger charge is 2.14. The highest BCUT2D eigenvalue weighted by Crippen LogP contribution is 2.10. The molecular formula is C10H19N3O. The zero-order valence-electron chi connectivity index (χ0n) is 9.29. The Hall–Kier alpha value is -0.900. The van der Waals surface area contributed by atoms with Gasteiger partial charge in [0.2, 0.25) is 5.89 Å². The van der Waals surface area contributed by atoms with E-state index in [1.54, 1.807) is 0 Å². The minimum atomic E-state index is 0.657. The van der Waals surface area contributed by atoms with Crippen molar-refractivity contribution >= 4 is 0 Å². The summed E-state index contributed by atoms with van der Waals surface area (Å²) in [7, 11) is 0. The number of hydrogen-bond donors (Lipinski definition) is 0. The molecule has 1 aromatic rings. The van der Waals surface area contributed by atoms with Gasteiger partial charge in [0.25, 0.3) is 0 Å². The van der Waals surface area contributed by atoms with Gasteiger partial charge in [-0.3, -0.25) is 4.90 Å². The second kappa shape index (κ2) is 5.75. The third-order valence-electron chi connectivity index (χ3n) is 2.13. The molecule has 0 amide bonds. The van der Waals surface area contributed by atoms with Crippen LogP contribution in [0.1, 0.15) is 38.4 Å². The van der Waals surface area contributed by atoms with Crippen LogP contribution in [0.5, 0.6) is 0 Å². The van der Waals surface area contributed by atoms with Crippen molar-refractivity contribution in [1.29, 1.82) is 0 Å². The Balaban J connectivity index is 0.000000461. The first-order valence-corrected chi connectivity index (χ1v) is 5.36. The summed E-state index contributed by atoms with van der Waals surface area (Å²) in [4.78, 5) is 6.51. The third kappa shape index (κ3) is 3.10. The van der Waals surface area contributed by atoms with Crippen molar-refractivity contribution in [3.63, 3.8) is 0 Å². The molecular weight excluding hydrogens is 178 g/mol. The topological polar surface area (TPSA) is 42.2 Å². The SMILES string of the molecule is CC.Cc1nc(CN2CCCC2)no1. The monoisotopic (exact) mass is 197 g/mol. The van der Waals surface area contributed by atoms with E-state index in [-0.39, 0.29) is 0 Å². The number of rotatable bonds is 2. The highest BCUT2D eigenvalue weighted by molar-refractivity contribution is 4.84. The van der Waals surface area contributed by atoms with Gasteiger partial charge in [-0.05, 0) is 25.9 Å². The molecule has 1 saturated heterocycles. The molecule has 80 valence electrons. The minimum Gasteiger partial charge on any atom is -0.340 e. The van der Waals surface area contributed by atoms with Crippen LogP contribution in [-0.2, 0) is 6.54 Å². The Bertz CT molecular complexity index is 254. The van der Waals surface area contributed by atoms with Crippen LogP contribution in [0.15, 0.2) is 4.52 Å². The van der Waals surface area contributed by atoms with Gasteiger partial charge in [0.1, 0.15) is 0 Å². The molecule has 2 heterocycles. The van der Waals surface area contributed by atoms with E-state index in [1.165, 1.54) is 25.9 Å².